The first-order valence-electron chi connectivity index (χ1n) is 6.40. The monoisotopic (exact) mass is 288 g/mol. The Morgan fingerprint density at radius 1 is 1.10 bits per heavy atom. The lowest BCUT2D eigenvalue weighted by atomic mass is 10.2. The van der Waals surface area contributed by atoms with E-state index >= 15 is 0 Å². The summed E-state index contributed by atoms with van der Waals surface area (Å²) in [6, 6.07) is 10.8. The third-order valence-electron chi connectivity index (χ3n) is 3.00. The summed E-state index contributed by atoms with van der Waals surface area (Å²) < 4.78 is 23.2. The van der Waals surface area contributed by atoms with Gasteiger partial charge in [-0.2, -0.15) is 0 Å². The van der Waals surface area contributed by atoms with Crippen LogP contribution in [0.2, 0.25) is 0 Å². The highest BCUT2D eigenvalue weighted by molar-refractivity contribution is 5.89. The smallest absolute Gasteiger partial charge is 0.319 e. The average Bonchev–Trinajstić information content (AvgIpc) is 2.94. The lowest BCUT2D eigenvalue weighted by molar-refractivity contribution is 0.174. The molecule has 0 aromatic heterocycles. The number of rotatable bonds is 3. The normalized spacial score (nSPS) is 12.0. The van der Waals surface area contributed by atoms with E-state index in [-0.39, 0.29) is 18.6 Å². The van der Waals surface area contributed by atoms with Crippen LogP contribution in [0.15, 0.2) is 42.5 Å². The van der Waals surface area contributed by atoms with Crippen molar-refractivity contribution in [2.24, 2.45) is 0 Å². The van der Waals surface area contributed by atoms with Crippen molar-refractivity contribution in [2.45, 2.75) is 6.54 Å². The van der Waals surface area contributed by atoms with Gasteiger partial charge in [-0.25, -0.2) is 9.18 Å². The molecule has 0 atom stereocenters. The molecule has 6 heteroatoms. The number of benzene rings is 2. The standard InChI is InChI=1S/C15H13FN2O3/c16-11-3-1-10(2-4-11)8-17-15(19)18-12-5-6-13-14(7-12)21-9-20-13/h1-7H,8-9H2,(H2,17,18,19). The van der Waals surface area contributed by atoms with Gasteiger partial charge in [0.25, 0.3) is 0 Å². The molecule has 2 N–H and O–H groups in total. The van der Waals surface area contributed by atoms with Crippen LogP contribution in [0.1, 0.15) is 5.56 Å². The van der Waals surface area contributed by atoms with Crippen LogP contribution >= 0.6 is 0 Å². The molecule has 2 amide bonds. The molecule has 2 aromatic carbocycles. The lowest BCUT2D eigenvalue weighted by Crippen LogP contribution is -2.28. The van der Waals surface area contributed by atoms with Crippen LogP contribution in [0.5, 0.6) is 11.5 Å². The second-order valence-corrected chi connectivity index (χ2v) is 4.50. The summed E-state index contributed by atoms with van der Waals surface area (Å²) in [4.78, 5) is 11.8. The van der Waals surface area contributed by atoms with E-state index in [0.717, 1.165) is 5.56 Å². The molecular formula is C15H13FN2O3. The summed E-state index contributed by atoms with van der Waals surface area (Å²) in [5.41, 5.74) is 1.42. The number of halogens is 1. The molecule has 0 bridgehead atoms. The minimum absolute atomic E-state index is 0.190. The third kappa shape index (κ3) is 3.22. The molecular weight excluding hydrogens is 275 g/mol. The van der Waals surface area contributed by atoms with Crippen molar-refractivity contribution < 1.29 is 18.7 Å². The Bertz CT molecular complexity index is 658. The van der Waals surface area contributed by atoms with Crippen LogP contribution in [0.25, 0.3) is 0 Å². The number of amides is 2. The fraction of sp³-hybridized carbons (Fsp3) is 0.133. The van der Waals surface area contributed by atoms with Gasteiger partial charge in [0.2, 0.25) is 6.79 Å². The zero-order chi connectivity index (χ0) is 14.7. The van der Waals surface area contributed by atoms with E-state index in [2.05, 4.69) is 10.6 Å². The topological polar surface area (TPSA) is 59.6 Å². The largest absolute Gasteiger partial charge is 0.454 e. The molecule has 0 saturated heterocycles. The van der Waals surface area contributed by atoms with Crippen LogP contribution in [-0.2, 0) is 6.54 Å². The van der Waals surface area contributed by atoms with E-state index < -0.39 is 0 Å². The SMILES string of the molecule is O=C(NCc1ccc(F)cc1)Nc1ccc2c(c1)OCO2. The number of hydrogen-bond donors (Lipinski definition) is 2. The quantitative estimate of drug-likeness (QED) is 0.913. The summed E-state index contributed by atoms with van der Waals surface area (Å²) in [5, 5.41) is 5.38. The van der Waals surface area contributed by atoms with Gasteiger partial charge in [0, 0.05) is 18.3 Å². The average molecular weight is 288 g/mol. The highest BCUT2D eigenvalue weighted by Gasteiger charge is 2.13. The van der Waals surface area contributed by atoms with Crippen molar-refractivity contribution in [1.29, 1.82) is 0 Å². The number of carbonyl (C=O) groups excluding carboxylic acids is 1. The summed E-state index contributed by atoms with van der Waals surface area (Å²) >= 11 is 0. The molecule has 0 unspecified atom stereocenters. The van der Waals surface area contributed by atoms with Crippen LogP contribution in [0, 0.1) is 5.82 Å². The summed E-state index contributed by atoms with van der Waals surface area (Å²) in [6.07, 6.45) is 0. The van der Waals surface area contributed by atoms with Gasteiger partial charge < -0.3 is 20.1 Å². The van der Waals surface area contributed by atoms with Crippen molar-refractivity contribution in [1.82, 2.24) is 5.32 Å². The predicted molar refractivity (Wildman–Crippen MR) is 74.8 cm³/mol. The van der Waals surface area contributed by atoms with Crippen LogP contribution in [0.4, 0.5) is 14.9 Å². The Kier molecular flexibility index (Phi) is 3.59. The van der Waals surface area contributed by atoms with Crippen LogP contribution in [-0.4, -0.2) is 12.8 Å². The molecule has 108 valence electrons. The highest BCUT2D eigenvalue weighted by Crippen LogP contribution is 2.34. The van der Waals surface area contributed by atoms with E-state index in [4.69, 9.17) is 9.47 Å². The van der Waals surface area contributed by atoms with Crippen LogP contribution in [0.3, 0.4) is 0 Å². The molecule has 5 nitrogen and oxygen atoms in total. The maximum absolute atomic E-state index is 12.8. The van der Waals surface area contributed by atoms with Crippen LogP contribution < -0.4 is 20.1 Å². The number of carbonyl (C=O) groups is 1. The van der Waals surface area contributed by atoms with Crippen molar-refractivity contribution in [3.05, 3.63) is 53.8 Å². The van der Waals surface area contributed by atoms with Gasteiger partial charge >= 0.3 is 6.03 Å². The maximum Gasteiger partial charge on any atom is 0.319 e. The minimum atomic E-state index is -0.349. The van der Waals surface area contributed by atoms with Gasteiger partial charge in [0.05, 0.1) is 0 Å². The molecule has 0 saturated carbocycles. The first kappa shape index (κ1) is 13.2. The Morgan fingerprint density at radius 3 is 2.67 bits per heavy atom. The summed E-state index contributed by atoms with van der Waals surface area (Å²) in [5.74, 6) is 0.960. The number of ether oxygens (including phenoxy) is 2. The van der Waals surface area contributed by atoms with Gasteiger partial charge in [0.1, 0.15) is 5.82 Å². The van der Waals surface area contributed by atoms with Gasteiger partial charge in [-0.05, 0) is 29.8 Å². The second-order valence-electron chi connectivity index (χ2n) is 4.50. The molecule has 21 heavy (non-hydrogen) atoms. The van der Waals surface area contributed by atoms with E-state index in [1.54, 1.807) is 30.3 Å². The third-order valence-corrected chi connectivity index (χ3v) is 3.00. The van der Waals surface area contributed by atoms with E-state index in [0.29, 0.717) is 23.7 Å². The number of fused-ring (bicyclic) bond motifs is 1. The van der Waals surface area contributed by atoms with Gasteiger partial charge in [0.15, 0.2) is 11.5 Å². The number of anilines is 1. The molecule has 1 aliphatic heterocycles. The summed E-state index contributed by atoms with van der Waals surface area (Å²) in [7, 11) is 0. The van der Waals surface area contributed by atoms with E-state index in [9.17, 15) is 9.18 Å². The molecule has 1 heterocycles. The molecule has 0 radical (unpaired) electrons. The fourth-order valence-electron chi connectivity index (χ4n) is 1.93. The van der Waals surface area contributed by atoms with Gasteiger partial charge in [-0.15, -0.1) is 0 Å². The molecule has 0 aliphatic carbocycles. The Labute approximate surface area is 120 Å². The zero-order valence-electron chi connectivity index (χ0n) is 11.1. The number of urea groups is 1. The van der Waals surface area contributed by atoms with Gasteiger partial charge in [-0.1, -0.05) is 12.1 Å². The molecule has 3 rings (SSSR count). The molecule has 1 aliphatic rings. The first-order chi connectivity index (χ1) is 10.2. The number of hydrogen-bond acceptors (Lipinski definition) is 3. The molecule has 2 aromatic rings. The van der Waals surface area contributed by atoms with Crippen molar-refractivity contribution in [3.8, 4) is 11.5 Å². The van der Waals surface area contributed by atoms with E-state index in [1.165, 1.54) is 12.1 Å². The molecule has 0 fully saturated rings. The maximum atomic E-state index is 12.8. The first-order valence-corrected chi connectivity index (χ1v) is 6.40. The number of nitrogens with one attached hydrogen (secondary N) is 2. The van der Waals surface area contributed by atoms with Gasteiger partial charge in [-0.3, -0.25) is 0 Å². The second kappa shape index (κ2) is 5.70. The Balaban J connectivity index is 1.55. The summed E-state index contributed by atoms with van der Waals surface area (Å²) in [6.45, 7) is 0.506. The Hall–Kier alpha value is -2.76. The van der Waals surface area contributed by atoms with Crippen molar-refractivity contribution in [2.75, 3.05) is 12.1 Å². The Morgan fingerprint density at radius 2 is 1.86 bits per heavy atom. The zero-order valence-corrected chi connectivity index (χ0v) is 11.1. The van der Waals surface area contributed by atoms with Crippen molar-refractivity contribution in [3.63, 3.8) is 0 Å². The van der Waals surface area contributed by atoms with E-state index in [1.807, 2.05) is 0 Å². The predicted octanol–water partition coefficient (Wildman–Crippen LogP) is 2.88. The molecule has 0 spiro atoms. The lowest BCUT2D eigenvalue weighted by Gasteiger charge is -2.08. The highest BCUT2D eigenvalue weighted by atomic mass is 19.1. The van der Waals surface area contributed by atoms with Crippen molar-refractivity contribution >= 4 is 11.7 Å². The fourth-order valence-corrected chi connectivity index (χ4v) is 1.93. The minimum Gasteiger partial charge on any atom is -0.454 e.